The number of hydrogen-bond donors (Lipinski definition) is 3. The first-order valence-electron chi connectivity index (χ1n) is 7.85. The van der Waals surface area contributed by atoms with E-state index in [0.717, 1.165) is 25.6 Å². The number of ether oxygens (including phenoxy) is 2. The van der Waals surface area contributed by atoms with Gasteiger partial charge in [-0.25, -0.2) is 4.98 Å². The molecule has 0 aliphatic carbocycles. The molecule has 25 heavy (non-hydrogen) atoms. The van der Waals surface area contributed by atoms with Crippen LogP contribution in [0.15, 0.2) is 10.7 Å². The van der Waals surface area contributed by atoms with Crippen LogP contribution in [0.5, 0.6) is 11.8 Å². The Bertz CT molecular complexity index is 731. The molecule has 1 unspecified atom stereocenters. The van der Waals surface area contributed by atoms with Crippen LogP contribution in [0.3, 0.4) is 0 Å². The molecule has 0 saturated carbocycles. The van der Waals surface area contributed by atoms with Crippen LogP contribution in [0.25, 0.3) is 11.5 Å². The monoisotopic (exact) mass is 348 g/mol. The molecule has 1 atom stereocenters. The lowest BCUT2D eigenvalue weighted by molar-refractivity contribution is 0.0995. The van der Waals surface area contributed by atoms with Gasteiger partial charge < -0.3 is 30.3 Å². The highest BCUT2D eigenvalue weighted by Gasteiger charge is 2.24. The highest BCUT2D eigenvalue weighted by Crippen LogP contribution is 2.36. The van der Waals surface area contributed by atoms with Crippen molar-refractivity contribution in [1.82, 2.24) is 20.3 Å². The SMILES string of the molecule is COc1nc(NCC2CCCN2)nc(OC)c1-c1nc(C(N)=O)co1. The second-order valence-electron chi connectivity index (χ2n) is 5.52. The zero-order valence-corrected chi connectivity index (χ0v) is 14.0. The van der Waals surface area contributed by atoms with Crippen LogP contribution in [0, 0.1) is 0 Å². The minimum atomic E-state index is -0.698. The molecule has 3 rings (SSSR count). The lowest BCUT2D eigenvalue weighted by Gasteiger charge is -2.14. The molecule has 2 aromatic rings. The molecule has 134 valence electrons. The summed E-state index contributed by atoms with van der Waals surface area (Å²) in [7, 11) is 2.93. The molecule has 1 saturated heterocycles. The quantitative estimate of drug-likeness (QED) is 0.649. The van der Waals surface area contributed by atoms with E-state index in [-0.39, 0.29) is 23.3 Å². The Labute approximate surface area is 144 Å². The maximum atomic E-state index is 11.2. The van der Waals surface area contributed by atoms with Gasteiger partial charge in [-0.05, 0) is 19.4 Å². The topological polar surface area (TPSA) is 137 Å². The van der Waals surface area contributed by atoms with Gasteiger partial charge in [-0.3, -0.25) is 4.79 Å². The molecule has 1 aliphatic heterocycles. The molecule has 3 heterocycles. The molecule has 2 aromatic heterocycles. The number of oxazole rings is 1. The van der Waals surface area contributed by atoms with Gasteiger partial charge in [-0.1, -0.05) is 0 Å². The Morgan fingerprint density at radius 1 is 1.36 bits per heavy atom. The highest BCUT2D eigenvalue weighted by atomic mass is 16.5. The summed E-state index contributed by atoms with van der Waals surface area (Å²) in [4.78, 5) is 23.9. The van der Waals surface area contributed by atoms with Crippen molar-refractivity contribution in [3.8, 4) is 23.2 Å². The van der Waals surface area contributed by atoms with Crippen LogP contribution < -0.4 is 25.8 Å². The Kier molecular flexibility index (Phi) is 4.98. The predicted molar refractivity (Wildman–Crippen MR) is 88.7 cm³/mol. The van der Waals surface area contributed by atoms with E-state index in [1.54, 1.807) is 0 Å². The highest BCUT2D eigenvalue weighted by molar-refractivity contribution is 5.91. The first kappa shape index (κ1) is 17.0. The number of carbonyl (C=O) groups is 1. The van der Waals surface area contributed by atoms with Gasteiger partial charge in [0.1, 0.15) is 6.26 Å². The molecule has 4 N–H and O–H groups in total. The summed E-state index contributed by atoms with van der Waals surface area (Å²) >= 11 is 0. The molecule has 1 fully saturated rings. The van der Waals surface area contributed by atoms with Gasteiger partial charge in [0.2, 0.25) is 23.6 Å². The van der Waals surface area contributed by atoms with Gasteiger partial charge in [0, 0.05) is 12.6 Å². The summed E-state index contributed by atoms with van der Waals surface area (Å²) in [5, 5.41) is 6.55. The minimum Gasteiger partial charge on any atom is -0.480 e. The fourth-order valence-corrected chi connectivity index (χ4v) is 2.63. The molecule has 0 aromatic carbocycles. The summed E-state index contributed by atoms with van der Waals surface area (Å²) in [6.07, 6.45) is 3.42. The second-order valence-corrected chi connectivity index (χ2v) is 5.52. The predicted octanol–water partition coefficient (Wildman–Crippen LogP) is 0.412. The van der Waals surface area contributed by atoms with E-state index in [2.05, 4.69) is 25.6 Å². The zero-order valence-electron chi connectivity index (χ0n) is 14.0. The summed E-state index contributed by atoms with van der Waals surface area (Å²) < 4.78 is 15.9. The third kappa shape index (κ3) is 3.63. The van der Waals surface area contributed by atoms with E-state index in [1.165, 1.54) is 14.2 Å². The number of hydrogen-bond acceptors (Lipinski definition) is 9. The third-order valence-corrected chi connectivity index (χ3v) is 3.87. The van der Waals surface area contributed by atoms with Gasteiger partial charge in [-0.15, -0.1) is 0 Å². The Balaban J connectivity index is 1.90. The molecular formula is C15H20N6O4. The number of rotatable bonds is 7. The molecule has 1 aliphatic rings. The van der Waals surface area contributed by atoms with Crippen LogP contribution >= 0.6 is 0 Å². The number of nitrogens with two attached hydrogens (primary N) is 1. The Hall–Kier alpha value is -2.88. The van der Waals surface area contributed by atoms with Crippen molar-refractivity contribution in [3.05, 3.63) is 12.0 Å². The smallest absolute Gasteiger partial charge is 0.270 e. The van der Waals surface area contributed by atoms with Gasteiger partial charge in [0.25, 0.3) is 5.91 Å². The van der Waals surface area contributed by atoms with Crippen molar-refractivity contribution in [3.63, 3.8) is 0 Å². The van der Waals surface area contributed by atoms with E-state index >= 15 is 0 Å². The molecule has 10 heteroatoms. The van der Waals surface area contributed by atoms with Crippen LogP contribution in [0.4, 0.5) is 5.95 Å². The Morgan fingerprint density at radius 2 is 2.08 bits per heavy atom. The number of aromatic nitrogens is 3. The maximum absolute atomic E-state index is 11.2. The van der Waals surface area contributed by atoms with Crippen molar-refractivity contribution >= 4 is 11.9 Å². The zero-order chi connectivity index (χ0) is 17.8. The summed E-state index contributed by atoms with van der Waals surface area (Å²) in [6.45, 7) is 1.71. The molecule has 0 bridgehead atoms. The number of anilines is 1. The van der Waals surface area contributed by atoms with Gasteiger partial charge in [0.15, 0.2) is 11.3 Å². The average molecular weight is 348 g/mol. The third-order valence-electron chi connectivity index (χ3n) is 3.87. The average Bonchev–Trinajstić information content (AvgIpc) is 3.30. The van der Waals surface area contributed by atoms with Gasteiger partial charge >= 0.3 is 0 Å². The molecular weight excluding hydrogens is 328 g/mol. The van der Waals surface area contributed by atoms with Crippen LogP contribution in [-0.2, 0) is 0 Å². The van der Waals surface area contributed by atoms with E-state index in [4.69, 9.17) is 19.6 Å². The second kappa shape index (κ2) is 7.34. The molecule has 1 amide bonds. The van der Waals surface area contributed by atoms with Crippen LogP contribution in [-0.4, -0.2) is 54.2 Å². The largest absolute Gasteiger partial charge is 0.480 e. The number of methoxy groups -OCH3 is 2. The number of nitrogens with one attached hydrogen (secondary N) is 2. The molecule has 0 spiro atoms. The molecule has 0 radical (unpaired) electrons. The standard InChI is InChI=1S/C15H20N6O4/c1-23-12-10(14-19-9(7-25-14)11(16)22)13(24-2)21-15(20-12)18-6-8-4-3-5-17-8/h7-8,17H,3-6H2,1-2H3,(H2,16,22)(H,18,20,21). The normalized spacial score (nSPS) is 16.6. The van der Waals surface area contributed by atoms with Crippen LogP contribution in [0.1, 0.15) is 23.3 Å². The van der Waals surface area contributed by atoms with Gasteiger partial charge in [0.05, 0.1) is 14.2 Å². The van der Waals surface area contributed by atoms with Gasteiger partial charge in [-0.2, -0.15) is 9.97 Å². The summed E-state index contributed by atoms with van der Waals surface area (Å²) in [5.41, 5.74) is 5.50. The lowest BCUT2D eigenvalue weighted by atomic mass is 10.2. The van der Waals surface area contributed by atoms with E-state index in [0.29, 0.717) is 24.1 Å². The first-order chi connectivity index (χ1) is 12.1. The summed E-state index contributed by atoms with van der Waals surface area (Å²) in [6, 6.07) is 0.380. The van der Waals surface area contributed by atoms with Crippen molar-refractivity contribution in [1.29, 1.82) is 0 Å². The fraction of sp³-hybridized carbons (Fsp3) is 0.467. The van der Waals surface area contributed by atoms with E-state index < -0.39 is 5.91 Å². The van der Waals surface area contributed by atoms with Crippen molar-refractivity contribution in [2.75, 3.05) is 32.6 Å². The number of primary amides is 1. The fourth-order valence-electron chi connectivity index (χ4n) is 2.63. The molecule has 10 nitrogen and oxygen atoms in total. The lowest BCUT2D eigenvalue weighted by Crippen LogP contribution is -2.29. The van der Waals surface area contributed by atoms with Crippen molar-refractivity contribution in [2.24, 2.45) is 5.73 Å². The van der Waals surface area contributed by atoms with Crippen LogP contribution in [0.2, 0.25) is 0 Å². The van der Waals surface area contributed by atoms with E-state index in [9.17, 15) is 4.79 Å². The first-order valence-corrected chi connectivity index (χ1v) is 7.85. The number of carbonyl (C=O) groups excluding carboxylic acids is 1. The summed E-state index contributed by atoms with van der Waals surface area (Å²) in [5.74, 6) is 0.189. The van der Waals surface area contributed by atoms with E-state index in [1.807, 2.05) is 0 Å². The minimum absolute atomic E-state index is 0.00591. The Morgan fingerprint density at radius 3 is 2.60 bits per heavy atom. The van der Waals surface area contributed by atoms with Crippen molar-refractivity contribution in [2.45, 2.75) is 18.9 Å². The number of nitrogens with zero attached hydrogens (tertiary/aromatic N) is 3. The van der Waals surface area contributed by atoms with Crippen molar-refractivity contribution < 1.29 is 18.7 Å². The number of amides is 1. The maximum Gasteiger partial charge on any atom is 0.270 e.